The number of hydrogen-bond donors (Lipinski definition) is 0. The predicted molar refractivity (Wildman–Crippen MR) is 244 cm³/mol. The highest BCUT2D eigenvalue weighted by Gasteiger charge is 2.21. The molecule has 4 heterocycles. The van der Waals surface area contributed by atoms with Crippen LogP contribution in [0, 0.1) is 0 Å². The Hall–Kier alpha value is -7.82. The summed E-state index contributed by atoms with van der Waals surface area (Å²) in [7, 11) is 0. The molecule has 14 rings (SSSR count). The summed E-state index contributed by atoms with van der Waals surface area (Å²) in [6.07, 6.45) is 0. The zero-order valence-corrected chi connectivity index (χ0v) is 31.1. The van der Waals surface area contributed by atoms with Gasteiger partial charge in [0.25, 0.3) is 0 Å². The van der Waals surface area contributed by atoms with Crippen molar-refractivity contribution in [2.24, 2.45) is 0 Å². The van der Waals surface area contributed by atoms with Crippen LogP contribution < -0.4 is 0 Å². The van der Waals surface area contributed by atoms with Crippen molar-refractivity contribution in [1.82, 2.24) is 18.8 Å². The highest BCUT2D eigenvalue weighted by Crippen LogP contribution is 2.43. The Morgan fingerprint density at radius 3 is 0.931 bits per heavy atom. The molecule has 4 aromatic heterocycles. The van der Waals surface area contributed by atoms with Crippen LogP contribution in [0.4, 0.5) is 0 Å². The lowest BCUT2D eigenvalue weighted by atomic mass is 9.97. The molecule has 0 aliphatic carbocycles. The van der Waals surface area contributed by atoms with E-state index in [1.807, 2.05) is 0 Å². The minimum Gasteiger partial charge on any atom is -0.291 e. The summed E-state index contributed by atoms with van der Waals surface area (Å²) in [5, 5.41) is 16.8. The van der Waals surface area contributed by atoms with E-state index in [0.29, 0.717) is 0 Å². The van der Waals surface area contributed by atoms with Crippen molar-refractivity contribution in [3.63, 3.8) is 0 Å². The third kappa shape index (κ3) is 3.79. The van der Waals surface area contributed by atoms with Gasteiger partial charge in [-0.05, 0) is 55.6 Å². The van der Waals surface area contributed by atoms with Crippen LogP contribution in [-0.2, 0) is 0 Å². The number of fused-ring (bicyclic) bond motifs is 26. The second-order valence-electron chi connectivity index (χ2n) is 15.7. The standard InChI is InChI=1S/C54H30N4/c1-7-19-41-33(13-1)35-15-3-9-21-43(35)51-49(41)55-53-45-23-11-5-17-37(45)39-27-25-31(29-47(39)57(51)53)32-26-28-40-38-18-6-12-24-46(38)54-56-50-42-20-8-2-14-34(42)36-16-4-10-22-44(36)52(50)58(54)48(40)30-32/h1-30H. The van der Waals surface area contributed by atoms with E-state index in [2.05, 4.69) is 191 Å². The summed E-state index contributed by atoms with van der Waals surface area (Å²) in [5.74, 6) is 0. The number of pyridine rings is 2. The smallest absolute Gasteiger partial charge is 0.146 e. The maximum absolute atomic E-state index is 5.50. The first-order valence-electron chi connectivity index (χ1n) is 19.9. The second kappa shape index (κ2) is 10.9. The number of nitrogens with zero attached hydrogens (tertiary/aromatic N) is 4. The molecule has 4 heteroatoms. The second-order valence-corrected chi connectivity index (χ2v) is 15.7. The quantitative estimate of drug-likeness (QED) is 0.157. The first kappa shape index (κ1) is 30.4. The van der Waals surface area contributed by atoms with Crippen LogP contribution in [0.2, 0.25) is 0 Å². The molecule has 0 fully saturated rings. The SMILES string of the molecule is c1ccc2c(c1)c1ccccc1c1c2nc2c3ccccc3c3ccc(-c4ccc5c6ccccc6c6nc7c8ccccc8c8ccccc8c7n6c5c4)cc3n21. The van der Waals surface area contributed by atoms with Gasteiger partial charge in [0, 0.05) is 43.1 Å². The molecule has 0 spiro atoms. The minimum atomic E-state index is 0.979. The number of aromatic nitrogens is 4. The van der Waals surface area contributed by atoms with Crippen molar-refractivity contribution in [2.75, 3.05) is 0 Å². The van der Waals surface area contributed by atoms with Crippen molar-refractivity contribution in [2.45, 2.75) is 0 Å². The van der Waals surface area contributed by atoms with Gasteiger partial charge in [-0.25, -0.2) is 9.97 Å². The topological polar surface area (TPSA) is 34.6 Å². The van der Waals surface area contributed by atoms with Crippen molar-refractivity contribution in [3.05, 3.63) is 182 Å². The van der Waals surface area contributed by atoms with Crippen LogP contribution in [0.3, 0.4) is 0 Å². The van der Waals surface area contributed by atoms with Gasteiger partial charge in [0.1, 0.15) is 11.3 Å². The van der Waals surface area contributed by atoms with Crippen molar-refractivity contribution >= 4 is 120 Å². The van der Waals surface area contributed by atoms with Gasteiger partial charge < -0.3 is 0 Å². The van der Waals surface area contributed by atoms with E-state index in [9.17, 15) is 0 Å². The van der Waals surface area contributed by atoms with Crippen LogP contribution in [0.5, 0.6) is 0 Å². The molecule has 4 nitrogen and oxygen atoms in total. The molecule has 0 saturated carbocycles. The van der Waals surface area contributed by atoms with Crippen LogP contribution in [0.1, 0.15) is 0 Å². The van der Waals surface area contributed by atoms with Gasteiger partial charge in [0.15, 0.2) is 0 Å². The van der Waals surface area contributed by atoms with Gasteiger partial charge >= 0.3 is 0 Å². The van der Waals surface area contributed by atoms with E-state index in [1.54, 1.807) is 0 Å². The van der Waals surface area contributed by atoms with E-state index in [-0.39, 0.29) is 0 Å². The Kier molecular flexibility index (Phi) is 5.73. The largest absolute Gasteiger partial charge is 0.291 e. The van der Waals surface area contributed by atoms with Gasteiger partial charge in [-0.3, -0.25) is 8.80 Å². The van der Waals surface area contributed by atoms with Crippen molar-refractivity contribution in [3.8, 4) is 11.1 Å². The lowest BCUT2D eigenvalue weighted by molar-refractivity contribution is 1.32. The Bertz CT molecular complexity index is 3880. The monoisotopic (exact) mass is 734 g/mol. The molecule has 0 aliphatic rings. The Morgan fingerprint density at radius 1 is 0.259 bits per heavy atom. The molecule has 0 N–H and O–H groups in total. The average molecular weight is 735 g/mol. The summed E-state index contributed by atoms with van der Waals surface area (Å²) in [4.78, 5) is 11.0. The minimum absolute atomic E-state index is 0.979. The van der Waals surface area contributed by atoms with E-state index < -0.39 is 0 Å². The molecule has 0 radical (unpaired) electrons. The maximum Gasteiger partial charge on any atom is 0.146 e. The zero-order chi connectivity index (χ0) is 37.6. The number of imidazole rings is 2. The van der Waals surface area contributed by atoms with Crippen LogP contribution in [-0.4, -0.2) is 18.8 Å². The summed E-state index contributed by atoms with van der Waals surface area (Å²) >= 11 is 0. The molecular formula is C54H30N4. The first-order chi connectivity index (χ1) is 28.8. The third-order valence-corrected chi connectivity index (χ3v) is 12.8. The van der Waals surface area contributed by atoms with Gasteiger partial charge in [-0.2, -0.15) is 0 Å². The fraction of sp³-hybridized carbons (Fsp3) is 0. The highest BCUT2D eigenvalue weighted by molar-refractivity contribution is 6.28. The van der Waals surface area contributed by atoms with Gasteiger partial charge in [0.05, 0.1) is 33.1 Å². The van der Waals surface area contributed by atoms with Crippen LogP contribution in [0.25, 0.3) is 131 Å². The summed E-state index contributed by atoms with van der Waals surface area (Å²) in [5.41, 5.74) is 10.9. The van der Waals surface area contributed by atoms with Gasteiger partial charge in [0.2, 0.25) is 0 Å². The molecule has 0 saturated heterocycles. The number of hydrogen-bond acceptors (Lipinski definition) is 2. The van der Waals surface area contributed by atoms with E-state index in [1.165, 1.54) is 64.6 Å². The lowest BCUT2D eigenvalue weighted by Crippen LogP contribution is -1.94. The molecule has 10 aromatic carbocycles. The lowest BCUT2D eigenvalue weighted by Gasteiger charge is -2.14. The number of benzene rings is 10. The molecule has 0 bridgehead atoms. The maximum atomic E-state index is 5.50. The molecule has 266 valence electrons. The summed E-state index contributed by atoms with van der Waals surface area (Å²) in [6, 6.07) is 66.4. The summed E-state index contributed by atoms with van der Waals surface area (Å²) < 4.78 is 4.86. The molecule has 58 heavy (non-hydrogen) atoms. The molecule has 0 aliphatic heterocycles. The normalized spacial score (nSPS) is 12.5. The van der Waals surface area contributed by atoms with Gasteiger partial charge in [-0.15, -0.1) is 0 Å². The van der Waals surface area contributed by atoms with Gasteiger partial charge in [-0.1, -0.05) is 170 Å². The van der Waals surface area contributed by atoms with Crippen LogP contribution in [0.15, 0.2) is 182 Å². The first-order valence-corrected chi connectivity index (χ1v) is 19.9. The predicted octanol–water partition coefficient (Wildman–Crippen LogP) is 14.2. The summed E-state index contributed by atoms with van der Waals surface area (Å²) in [6.45, 7) is 0. The highest BCUT2D eigenvalue weighted by atomic mass is 15.0. The molecular weight excluding hydrogens is 705 g/mol. The Morgan fingerprint density at radius 2 is 0.552 bits per heavy atom. The molecule has 0 unspecified atom stereocenters. The van der Waals surface area contributed by atoms with Crippen molar-refractivity contribution < 1.29 is 0 Å². The Labute approximate surface area is 330 Å². The van der Waals surface area contributed by atoms with Crippen molar-refractivity contribution in [1.29, 1.82) is 0 Å². The number of rotatable bonds is 1. The third-order valence-electron chi connectivity index (χ3n) is 12.8. The van der Waals surface area contributed by atoms with Crippen LogP contribution >= 0.6 is 0 Å². The molecule has 0 atom stereocenters. The van der Waals surface area contributed by atoms with E-state index >= 15 is 0 Å². The average Bonchev–Trinajstić information content (AvgIpc) is 3.91. The fourth-order valence-electron chi connectivity index (χ4n) is 10.3. The molecule has 0 amide bonds. The fourth-order valence-corrected chi connectivity index (χ4v) is 10.3. The Balaban J connectivity index is 1.14. The molecule has 14 aromatic rings. The zero-order valence-electron chi connectivity index (χ0n) is 31.1. The van der Waals surface area contributed by atoms with E-state index in [4.69, 9.17) is 9.97 Å². The van der Waals surface area contributed by atoms with E-state index in [0.717, 1.165) is 66.3 Å².